The van der Waals surface area contributed by atoms with Crippen molar-refractivity contribution in [1.29, 1.82) is 0 Å². The Labute approximate surface area is 125 Å². The van der Waals surface area contributed by atoms with Gasteiger partial charge in [0.1, 0.15) is 0 Å². The summed E-state index contributed by atoms with van der Waals surface area (Å²) in [5.74, 6) is 0. The SMILES string of the molecule is CC(C)N(Cc1cccnc1)C(=O)NCc1ccncc1. The monoisotopic (exact) mass is 284 g/mol. The molecule has 0 spiro atoms. The molecule has 0 fully saturated rings. The molecular formula is C16H20N4O. The van der Waals surface area contributed by atoms with Gasteiger partial charge in [-0.05, 0) is 43.2 Å². The Bertz CT molecular complexity index is 557. The summed E-state index contributed by atoms with van der Waals surface area (Å²) in [6, 6.07) is 7.66. The van der Waals surface area contributed by atoms with Crippen LogP contribution < -0.4 is 5.32 Å². The lowest BCUT2D eigenvalue weighted by Gasteiger charge is -2.27. The first-order valence-electron chi connectivity index (χ1n) is 6.99. The highest BCUT2D eigenvalue weighted by atomic mass is 16.2. The van der Waals surface area contributed by atoms with Crippen molar-refractivity contribution < 1.29 is 4.79 Å². The van der Waals surface area contributed by atoms with Crippen molar-refractivity contribution >= 4 is 6.03 Å². The van der Waals surface area contributed by atoms with Crippen molar-refractivity contribution in [3.05, 3.63) is 60.2 Å². The van der Waals surface area contributed by atoms with Crippen LogP contribution in [0.4, 0.5) is 4.79 Å². The Balaban J connectivity index is 1.96. The van der Waals surface area contributed by atoms with Crippen LogP contribution in [0.2, 0.25) is 0 Å². The van der Waals surface area contributed by atoms with Gasteiger partial charge in [-0.2, -0.15) is 0 Å². The van der Waals surface area contributed by atoms with E-state index in [9.17, 15) is 4.79 Å². The molecule has 0 aliphatic heterocycles. The number of hydrogen-bond acceptors (Lipinski definition) is 3. The molecule has 0 aliphatic carbocycles. The van der Waals surface area contributed by atoms with Gasteiger partial charge in [0.2, 0.25) is 0 Å². The molecule has 5 heteroatoms. The molecule has 0 saturated heterocycles. The number of amides is 2. The number of carbonyl (C=O) groups excluding carboxylic acids is 1. The number of aromatic nitrogens is 2. The van der Waals surface area contributed by atoms with Gasteiger partial charge in [0.25, 0.3) is 0 Å². The molecule has 0 aliphatic rings. The molecule has 110 valence electrons. The lowest BCUT2D eigenvalue weighted by Crippen LogP contribution is -2.43. The minimum Gasteiger partial charge on any atom is -0.334 e. The fourth-order valence-electron chi connectivity index (χ4n) is 1.96. The van der Waals surface area contributed by atoms with Gasteiger partial charge in [0.05, 0.1) is 0 Å². The standard InChI is InChI=1S/C16H20N4O/c1-13(2)20(12-15-4-3-7-18-10-15)16(21)19-11-14-5-8-17-9-6-14/h3-10,13H,11-12H2,1-2H3,(H,19,21). The van der Waals surface area contributed by atoms with E-state index in [2.05, 4.69) is 15.3 Å². The molecule has 0 atom stereocenters. The van der Waals surface area contributed by atoms with Crippen molar-refractivity contribution in [2.45, 2.75) is 33.0 Å². The van der Waals surface area contributed by atoms with Crippen LogP contribution in [0.25, 0.3) is 0 Å². The minimum absolute atomic E-state index is 0.0781. The largest absolute Gasteiger partial charge is 0.334 e. The second kappa shape index (κ2) is 7.38. The molecule has 21 heavy (non-hydrogen) atoms. The number of urea groups is 1. The zero-order valence-corrected chi connectivity index (χ0v) is 12.4. The Morgan fingerprint density at radius 2 is 1.90 bits per heavy atom. The van der Waals surface area contributed by atoms with E-state index in [1.54, 1.807) is 29.7 Å². The van der Waals surface area contributed by atoms with Crippen LogP contribution in [0.15, 0.2) is 49.1 Å². The molecule has 5 nitrogen and oxygen atoms in total. The number of nitrogens with zero attached hydrogens (tertiary/aromatic N) is 3. The molecule has 0 saturated carbocycles. The summed E-state index contributed by atoms with van der Waals surface area (Å²) in [6.45, 7) is 5.05. The summed E-state index contributed by atoms with van der Waals surface area (Å²) in [5.41, 5.74) is 2.05. The molecule has 2 aromatic heterocycles. The normalized spacial score (nSPS) is 10.4. The maximum atomic E-state index is 12.3. The smallest absolute Gasteiger partial charge is 0.318 e. The number of hydrogen-bond donors (Lipinski definition) is 1. The second-order valence-electron chi connectivity index (χ2n) is 5.10. The van der Waals surface area contributed by atoms with Crippen molar-refractivity contribution in [3.8, 4) is 0 Å². The zero-order chi connectivity index (χ0) is 15.1. The van der Waals surface area contributed by atoms with E-state index < -0.39 is 0 Å². The molecular weight excluding hydrogens is 264 g/mol. The average molecular weight is 284 g/mol. The molecule has 2 aromatic rings. The van der Waals surface area contributed by atoms with Crippen molar-refractivity contribution in [2.24, 2.45) is 0 Å². The average Bonchev–Trinajstić information content (AvgIpc) is 2.52. The number of carbonyl (C=O) groups is 1. The van der Waals surface area contributed by atoms with Gasteiger partial charge in [0.15, 0.2) is 0 Å². The van der Waals surface area contributed by atoms with Crippen molar-refractivity contribution in [2.75, 3.05) is 0 Å². The first-order valence-corrected chi connectivity index (χ1v) is 6.99. The molecule has 0 bridgehead atoms. The highest BCUT2D eigenvalue weighted by Gasteiger charge is 2.16. The predicted molar refractivity (Wildman–Crippen MR) is 81.4 cm³/mol. The molecule has 2 heterocycles. The fraction of sp³-hybridized carbons (Fsp3) is 0.312. The predicted octanol–water partition coefficient (Wildman–Crippen LogP) is 2.60. The molecule has 0 unspecified atom stereocenters. The Hall–Kier alpha value is -2.43. The van der Waals surface area contributed by atoms with Crippen LogP contribution >= 0.6 is 0 Å². The van der Waals surface area contributed by atoms with Gasteiger partial charge >= 0.3 is 6.03 Å². The summed E-state index contributed by atoms with van der Waals surface area (Å²) in [7, 11) is 0. The van der Waals surface area contributed by atoms with Crippen molar-refractivity contribution in [1.82, 2.24) is 20.2 Å². The third kappa shape index (κ3) is 4.56. The molecule has 1 N–H and O–H groups in total. The van der Waals surface area contributed by atoms with E-state index >= 15 is 0 Å². The summed E-state index contributed by atoms with van der Waals surface area (Å²) in [5, 5.41) is 2.94. The third-order valence-corrected chi connectivity index (χ3v) is 3.15. The zero-order valence-electron chi connectivity index (χ0n) is 12.4. The van der Waals surface area contributed by atoms with Gasteiger partial charge in [-0.15, -0.1) is 0 Å². The van der Waals surface area contributed by atoms with E-state index in [0.717, 1.165) is 11.1 Å². The molecule has 0 radical (unpaired) electrons. The van der Waals surface area contributed by atoms with Gasteiger partial charge < -0.3 is 10.2 Å². The molecule has 2 rings (SSSR count). The van der Waals surface area contributed by atoms with E-state index in [1.807, 2.05) is 38.1 Å². The van der Waals surface area contributed by atoms with Crippen LogP contribution in [0.5, 0.6) is 0 Å². The van der Waals surface area contributed by atoms with Gasteiger partial charge in [-0.25, -0.2) is 4.79 Å². The number of rotatable bonds is 5. The van der Waals surface area contributed by atoms with Crippen LogP contribution in [0, 0.1) is 0 Å². The maximum absolute atomic E-state index is 12.3. The van der Waals surface area contributed by atoms with Gasteiger partial charge in [-0.1, -0.05) is 6.07 Å². The second-order valence-corrected chi connectivity index (χ2v) is 5.10. The van der Waals surface area contributed by atoms with Crippen LogP contribution in [0.3, 0.4) is 0 Å². The summed E-state index contributed by atoms with van der Waals surface area (Å²) in [6.07, 6.45) is 6.95. The van der Waals surface area contributed by atoms with E-state index in [0.29, 0.717) is 13.1 Å². The summed E-state index contributed by atoms with van der Waals surface area (Å²) >= 11 is 0. The van der Waals surface area contributed by atoms with E-state index in [4.69, 9.17) is 0 Å². The maximum Gasteiger partial charge on any atom is 0.318 e. The first kappa shape index (κ1) is 15.0. The number of nitrogens with one attached hydrogen (secondary N) is 1. The lowest BCUT2D eigenvalue weighted by molar-refractivity contribution is 0.179. The summed E-state index contributed by atoms with van der Waals surface area (Å²) in [4.78, 5) is 22.2. The van der Waals surface area contributed by atoms with Gasteiger partial charge in [-0.3, -0.25) is 9.97 Å². The highest BCUT2D eigenvalue weighted by molar-refractivity contribution is 5.74. The minimum atomic E-state index is -0.0781. The van der Waals surface area contributed by atoms with Crippen LogP contribution in [0.1, 0.15) is 25.0 Å². The highest BCUT2D eigenvalue weighted by Crippen LogP contribution is 2.08. The Morgan fingerprint density at radius 1 is 1.14 bits per heavy atom. The van der Waals surface area contributed by atoms with Crippen molar-refractivity contribution in [3.63, 3.8) is 0 Å². The fourth-order valence-corrected chi connectivity index (χ4v) is 1.96. The van der Waals surface area contributed by atoms with Crippen LogP contribution in [-0.4, -0.2) is 26.9 Å². The first-order chi connectivity index (χ1) is 10.2. The van der Waals surface area contributed by atoms with Gasteiger partial charge in [0, 0.05) is 43.9 Å². The third-order valence-electron chi connectivity index (χ3n) is 3.15. The summed E-state index contributed by atoms with van der Waals surface area (Å²) < 4.78 is 0. The van der Waals surface area contributed by atoms with Crippen LogP contribution in [-0.2, 0) is 13.1 Å². The number of pyridine rings is 2. The molecule has 0 aromatic carbocycles. The van der Waals surface area contributed by atoms with E-state index in [-0.39, 0.29) is 12.1 Å². The van der Waals surface area contributed by atoms with E-state index in [1.165, 1.54) is 0 Å². The Morgan fingerprint density at radius 3 is 2.52 bits per heavy atom. The Kier molecular flexibility index (Phi) is 5.26. The quantitative estimate of drug-likeness (QED) is 0.918. The molecule has 2 amide bonds. The topological polar surface area (TPSA) is 58.1 Å². The lowest BCUT2D eigenvalue weighted by atomic mass is 10.2.